The van der Waals surface area contributed by atoms with Crippen LogP contribution in [0.4, 0.5) is 0 Å². The van der Waals surface area contributed by atoms with Crippen molar-refractivity contribution in [1.82, 2.24) is 0 Å². The van der Waals surface area contributed by atoms with Gasteiger partial charge in [-0.05, 0) is 43.5 Å². The zero-order valence-corrected chi connectivity index (χ0v) is 15.7. The summed E-state index contributed by atoms with van der Waals surface area (Å²) in [5, 5.41) is 9.74. The Morgan fingerprint density at radius 1 is 0.462 bits per heavy atom. The van der Waals surface area contributed by atoms with Crippen molar-refractivity contribution in [3.63, 3.8) is 0 Å². The zero-order valence-electron chi connectivity index (χ0n) is 14.1. The van der Waals surface area contributed by atoms with E-state index in [4.69, 9.17) is 0 Å². The molecule has 4 aromatic rings. The van der Waals surface area contributed by atoms with E-state index in [1.165, 1.54) is 42.5 Å². The molecule has 5 rings (SSSR count). The predicted molar refractivity (Wildman–Crippen MR) is 119 cm³/mol. The van der Waals surface area contributed by atoms with Crippen LogP contribution < -0.4 is 0 Å². The highest BCUT2D eigenvalue weighted by atomic mass is 32.2. The van der Waals surface area contributed by atoms with Gasteiger partial charge in [-0.1, -0.05) is 96.7 Å². The summed E-state index contributed by atoms with van der Waals surface area (Å²) in [4.78, 5) is 2.63. The first-order valence-corrected chi connectivity index (χ1v) is 10.4. The topological polar surface area (TPSA) is 0 Å². The van der Waals surface area contributed by atoms with E-state index in [0.717, 1.165) is 0 Å². The summed E-state index contributed by atoms with van der Waals surface area (Å²) in [7, 11) is 0. The standard InChI is InChI=1S/C24H16S2/c1-3-11-19-17(7-1)9-5-13-21(19)23-15-25-16-24(26-23)22-14-6-10-18-8-2-4-12-20(18)22/h1-16H. The molecule has 0 saturated carbocycles. The van der Waals surface area contributed by atoms with Crippen LogP contribution in [0.5, 0.6) is 0 Å². The second-order valence-electron chi connectivity index (χ2n) is 6.26. The highest BCUT2D eigenvalue weighted by molar-refractivity contribution is 8.20. The number of rotatable bonds is 2. The predicted octanol–water partition coefficient (Wildman–Crippen LogP) is 7.77. The number of hydrogen-bond donors (Lipinski definition) is 0. The Bertz CT molecular complexity index is 1080. The van der Waals surface area contributed by atoms with E-state index < -0.39 is 0 Å². The molecule has 0 unspecified atom stereocenters. The number of fused-ring (bicyclic) bond motifs is 2. The first kappa shape index (κ1) is 15.8. The van der Waals surface area contributed by atoms with Crippen molar-refractivity contribution in [3.05, 3.63) is 107 Å². The smallest absolute Gasteiger partial charge is 0.0267 e. The molecule has 0 bridgehead atoms. The molecule has 0 atom stereocenters. The second kappa shape index (κ2) is 6.71. The molecule has 1 heterocycles. The lowest BCUT2D eigenvalue weighted by atomic mass is 10.0. The van der Waals surface area contributed by atoms with E-state index in [2.05, 4.69) is 95.7 Å². The van der Waals surface area contributed by atoms with E-state index in [1.807, 2.05) is 11.8 Å². The van der Waals surface area contributed by atoms with Crippen molar-refractivity contribution < 1.29 is 0 Å². The maximum atomic E-state index is 2.26. The lowest BCUT2D eigenvalue weighted by molar-refractivity contribution is 1.70. The Hall–Kier alpha value is -2.42. The minimum absolute atomic E-state index is 1.29. The summed E-state index contributed by atoms with van der Waals surface area (Å²) in [6.45, 7) is 0. The Balaban J connectivity index is 1.58. The normalized spacial score (nSPS) is 14.3. The Kier molecular flexibility index (Phi) is 4.08. The maximum absolute atomic E-state index is 2.26. The molecule has 0 spiro atoms. The van der Waals surface area contributed by atoms with Gasteiger partial charge < -0.3 is 0 Å². The number of thioether (sulfide) groups is 2. The molecule has 0 fully saturated rings. The van der Waals surface area contributed by atoms with Crippen LogP contribution in [0.25, 0.3) is 31.4 Å². The molecule has 124 valence electrons. The van der Waals surface area contributed by atoms with Crippen LogP contribution in [0, 0.1) is 0 Å². The van der Waals surface area contributed by atoms with Crippen molar-refractivity contribution in [3.8, 4) is 0 Å². The molecule has 0 aliphatic carbocycles. The minimum Gasteiger partial charge on any atom is -0.104 e. The number of benzene rings is 4. The SMILES string of the molecule is C1=C(c2cccc3ccccc23)SC(c2cccc3ccccc23)=CS1. The van der Waals surface area contributed by atoms with Gasteiger partial charge in [0.25, 0.3) is 0 Å². The average Bonchev–Trinajstić information content (AvgIpc) is 2.73. The van der Waals surface area contributed by atoms with Gasteiger partial charge in [0, 0.05) is 9.81 Å². The molecule has 2 heteroatoms. The molecule has 0 N–H and O–H groups in total. The fourth-order valence-electron chi connectivity index (χ4n) is 3.44. The summed E-state index contributed by atoms with van der Waals surface area (Å²) < 4.78 is 0. The molecule has 1 aliphatic heterocycles. The van der Waals surface area contributed by atoms with Gasteiger partial charge >= 0.3 is 0 Å². The molecule has 0 aromatic heterocycles. The van der Waals surface area contributed by atoms with E-state index >= 15 is 0 Å². The molecular formula is C24H16S2. The average molecular weight is 369 g/mol. The highest BCUT2D eigenvalue weighted by Gasteiger charge is 2.16. The van der Waals surface area contributed by atoms with Gasteiger partial charge in [-0.2, -0.15) is 0 Å². The molecular weight excluding hydrogens is 352 g/mol. The Morgan fingerprint density at radius 3 is 1.46 bits per heavy atom. The number of hydrogen-bond acceptors (Lipinski definition) is 2. The van der Waals surface area contributed by atoms with Crippen LogP contribution in [0.1, 0.15) is 11.1 Å². The Labute approximate surface area is 161 Å². The molecule has 0 nitrogen and oxygen atoms in total. The third kappa shape index (κ3) is 2.76. The monoisotopic (exact) mass is 368 g/mol. The maximum Gasteiger partial charge on any atom is 0.0267 e. The van der Waals surface area contributed by atoms with E-state index in [0.29, 0.717) is 0 Å². The first-order chi connectivity index (χ1) is 12.9. The van der Waals surface area contributed by atoms with Crippen molar-refractivity contribution >= 4 is 54.9 Å². The van der Waals surface area contributed by atoms with Crippen molar-refractivity contribution in [1.29, 1.82) is 0 Å². The lowest BCUT2D eigenvalue weighted by Gasteiger charge is -2.17. The fourth-order valence-corrected chi connectivity index (χ4v) is 5.54. The highest BCUT2D eigenvalue weighted by Crippen LogP contribution is 2.48. The van der Waals surface area contributed by atoms with Gasteiger partial charge in [-0.15, -0.1) is 11.8 Å². The van der Waals surface area contributed by atoms with Gasteiger partial charge in [0.1, 0.15) is 0 Å². The molecule has 0 radical (unpaired) electrons. The zero-order chi connectivity index (χ0) is 17.3. The molecule has 4 aromatic carbocycles. The van der Waals surface area contributed by atoms with E-state index in [9.17, 15) is 0 Å². The summed E-state index contributed by atoms with van der Waals surface area (Å²) in [5.74, 6) is 0. The van der Waals surface area contributed by atoms with Gasteiger partial charge in [0.2, 0.25) is 0 Å². The van der Waals surface area contributed by atoms with Crippen molar-refractivity contribution in [2.24, 2.45) is 0 Å². The van der Waals surface area contributed by atoms with Gasteiger partial charge in [-0.25, -0.2) is 0 Å². The van der Waals surface area contributed by atoms with Gasteiger partial charge in [0.15, 0.2) is 0 Å². The van der Waals surface area contributed by atoms with Gasteiger partial charge in [-0.3, -0.25) is 0 Å². The second-order valence-corrected chi connectivity index (χ2v) is 8.08. The van der Waals surface area contributed by atoms with Crippen LogP contribution in [0.15, 0.2) is 95.7 Å². The van der Waals surface area contributed by atoms with Crippen LogP contribution in [-0.2, 0) is 0 Å². The molecule has 1 aliphatic rings. The van der Waals surface area contributed by atoms with Gasteiger partial charge in [0.05, 0.1) is 0 Å². The van der Waals surface area contributed by atoms with E-state index in [1.54, 1.807) is 11.8 Å². The Morgan fingerprint density at radius 2 is 0.923 bits per heavy atom. The lowest BCUT2D eigenvalue weighted by Crippen LogP contribution is -1.89. The summed E-state index contributed by atoms with van der Waals surface area (Å²) in [6.07, 6.45) is 0. The van der Waals surface area contributed by atoms with Crippen LogP contribution >= 0.6 is 23.5 Å². The quantitative estimate of drug-likeness (QED) is 0.354. The molecule has 26 heavy (non-hydrogen) atoms. The third-order valence-electron chi connectivity index (χ3n) is 4.68. The fraction of sp³-hybridized carbons (Fsp3) is 0. The third-order valence-corrected chi connectivity index (χ3v) is 6.84. The molecule has 0 amide bonds. The first-order valence-electron chi connectivity index (χ1n) is 8.60. The molecule has 0 saturated heterocycles. The van der Waals surface area contributed by atoms with Crippen LogP contribution in [0.3, 0.4) is 0 Å². The van der Waals surface area contributed by atoms with Crippen LogP contribution in [0.2, 0.25) is 0 Å². The van der Waals surface area contributed by atoms with Crippen molar-refractivity contribution in [2.75, 3.05) is 0 Å². The van der Waals surface area contributed by atoms with Crippen LogP contribution in [-0.4, -0.2) is 0 Å². The van der Waals surface area contributed by atoms with Crippen molar-refractivity contribution in [2.45, 2.75) is 0 Å². The summed E-state index contributed by atoms with van der Waals surface area (Å²) in [5.41, 5.74) is 2.62. The largest absolute Gasteiger partial charge is 0.104 e. The summed E-state index contributed by atoms with van der Waals surface area (Å²) in [6, 6.07) is 30.4. The van der Waals surface area contributed by atoms with E-state index in [-0.39, 0.29) is 0 Å². The minimum atomic E-state index is 1.29. The summed E-state index contributed by atoms with van der Waals surface area (Å²) >= 11 is 3.64.